The molecule has 0 N–H and O–H groups in total. The van der Waals surface area contributed by atoms with Gasteiger partial charge in [-0.25, -0.2) is 4.98 Å². The lowest BCUT2D eigenvalue weighted by Crippen LogP contribution is -2.40. The van der Waals surface area contributed by atoms with Crippen molar-refractivity contribution in [2.75, 3.05) is 33.4 Å². The van der Waals surface area contributed by atoms with E-state index in [-0.39, 0.29) is 24.3 Å². The Morgan fingerprint density at radius 3 is 3.05 bits per heavy atom. The Morgan fingerprint density at radius 2 is 2.32 bits per heavy atom. The second-order valence-corrected chi connectivity index (χ2v) is 6.01. The van der Waals surface area contributed by atoms with Crippen LogP contribution in [0.25, 0.3) is 0 Å². The van der Waals surface area contributed by atoms with Crippen molar-refractivity contribution in [2.24, 2.45) is 5.92 Å². The number of imidazole rings is 1. The van der Waals surface area contributed by atoms with Crippen LogP contribution in [0.5, 0.6) is 0 Å². The first-order valence-electron chi connectivity index (χ1n) is 7.72. The van der Waals surface area contributed by atoms with Gasteiger partial charge in [-0.2, -0.15) is 0 Å². The SMILES string of the molecule is COCC(=O)N1Cc2nccn2C[C@H](CN2CCCC2=O)C1. The van der Waals surface area contributed by atoms with Gasteiger partial charge in [0.2, 0.25) is 11.8 Å². The van der Waals surface area contributed by atoms with Crippen molar-refractivity contribution < 1.29 is 14.3 Å². The molecule has 1 aromatic heterocycles. The molecular formula is C15H22N4O3. The number of methoxy groups -OCH3 is 1. The van der Waals surface area contributed by atoms with Crippen LogP contribution in [0.4, 0.5) is 0 Å². The fourth-order valence-electron chi connectivity index (χ4n) is 3.27. The van der Waals surface area contributed by atoms with Crippen molar-refractivity contribution >= 4 is 11.8 Å². The zero-order chi connectivity index (χ0) is 15.5. The number of carbonyl (C=O) groups is 2. The molecule has 2 amide bonds. The van der Waals surface area contributed by atoms with E-state index in [1.54, 1.807) is 11.1 Å². The smallest absolute Gasteiger partial charge is 0.248 e. The molecule has 3 rings (SSSR count). The maximum absolute atomic E-state index is 12.2. The molecule has 0 aliphatic carbocycles. The largest absolute Gasteiger partial charge is 0.375 e. The van der Waals surface area contributed by atoms with Gasteiger partial charge in [0.1, 0.15) is 12.4 Å². The molecule has 1 fully saturated rings. The highest BCUT2D eigenvalue weighted by molar-refractivity contribution is 5.78. The molecular weight excluding hydrogens is 284 g/mol. The average molecular weight is 306 g/mol. The second-order valence-electron chi connectivity index (χ2n) is 6.01. The number of carbonyl (C=O) groups excluding carboxylic acids is 2. The number of fused-ring (bicyclic) bond motifs is 1. The molecule has 2 aliphatic rings. The van der Waals surface area contributed by atoms with E-state index in [1.807, 2.05) is 11.1 Å². The van der Waals surface area contributed by atoms with Crippen molar-refractivity contribution in [2.45, 2.75) is 25.9 Å². The van der Waals surface area contributed by atoms with E-state index in [1.165, 1.54) is 7.11 Å². The van der Waals surface area contributed by atoms with Crippen LogP contribution in [0.2, 0.25) is 0 Å². The summed E-state index contributed by atoms with van der Waals surface area (Å²) in [6, 6.07) is 0. The molecule has 3 heterocycles. The maximum atomic E-state index is 12.2. The van der Waals surface area contributed by atoms with Crippen LogP contribution in [0.15, 0.2) is 12.4 Å². The fraction of sp³-hybridized carbons (Fsp3) is 0.667. The number of amides is 2. The van der Waals surface area contributed by atoms with Crippen LogP contribution in [0.1, 0.15) is 18.7 Å². The fourth-order valence-corrected chi connectivity index (χ4v) is 3.27. The van der Waals surface area contributed by atoms with Crippen LogP contribution < -0.4 is 0 Å². The quantitative estimate of drug-likeness (QED) is 0.792. The van der Waals surface area contributed by atoms with Gasteiger partial charge in [0.25, 0.3) is 0 Å². The average Bonchev–Trinajstić information content (AvgIpc) is 3.04. The lowest BCUT2D eigenvalue weighted by Gasteiger charge is -2.27. The molecule has 1 saturated heterocycles. The minimum absolute atomic E-state index is 0.0308. The minimum atomic E-state index is -0.0308. The first kappa shape index (κ1) is 15.0. The summed E-state index contributed by atoms with van der Waals surface area (Å²) in [5, 5.41) is 0. The summed E-state index contributed by atoms with van der Waals surface area (Å²) in [5.74, 6) is 1.31. The van der Waals surface area contributed by atoms with E-state index in [0.717, 1.165) is 25.3 Å². The summed E-state index contributed by atoms with van der Waals surface area (Å²) >= 11 is 0. The number of rotatable bonds is 4. The highest BCUT2D eigenvalue weighted by atomic mass is 16.5. The molecule has 7 nitrogen and oxygen atoms in total. The normalized spacial score (nSPS) is 21.9. The second kappa shape index (κ2) is 6.48. The number of ether oxygens (including phenoxy) is 1. The molecule has 0 unspecified atom stereocenters. The van der Waals surface area contributed by atoms with Crippen molar-refractivity contribution in [1.29, 1.82) is 0 Å². The van der Waals surface area contributed by atoms with E-state index in [4.69, 9.17) is 4.74 Å². The van der Waals surface area contributed by atoms with Gasteiger partial charge in [-0.1, -0.05) is 0 Å². The lowest BCUT2D eigenvalue weighted by molar-refractivity contribution is -0.136. The van der Waals surface area contributed by atoms with Crippen molar-refractivity contribution in [3.05, 3.63) is 18.2 Å². The molecule has 1 aromatic rings. The first-order chi connectivity index (χ1) is 10.7. The number of hydrogen-bond donors (Lipinski definition) is 0. The van der Waals surface area contributed by atoms with Gasteiger partial charge in [-0.05, 0) is 6.42 Å². The van der Waals surface area contributed by atoms with Gasteiger partial charge >= 0.3 is 0 Å². The summed E-state index contributed by atoms with van der Waals surface area (Å²) in [4.78, 5) is 32.1. The molecule has 2 aliphatic heterocycles. The number of aromatic nitrogens is 2. The van der Waals surface area contributed by atoms with E-state index in [2.05, 4.69) is 9.55 Å². The maximum Gasteiger partial charge on any atom is 0.248 e. The molecule has 0 bridgehead atoms. The van der Waals surface area contributed by atoms with Gasteiger partial charge in [-0.3, -0.25) is 9.59 Å². The third kappa shape index (κ3) is 3.14. The van der Waals surface area contributed by atoms with Crippen molar-refractivity contribution in [3.8, 4) is 0 Å². The zero-order valence-corrected chi connectivity index (χ0v) is 12.9. The summed E-state index contributed by atoms with van der Waals surface area (Å²) in [5.41, 5.74) is 0. The van der Waals surface area contributed by atoms with Crippen molar-refractivity contribution in [1.82, 2.24) is 19.4 Å². The summed E-state index contributed by atoms with van der Waals surface area (Å²) in [7, 11) is 1.52. The monoisotopic (exact) mass is 306 g/mol. The minimum Gasteiger partial charge on any atom is -0.375 e. The molecule has 1 atom stereocenters. The predicted molar refractivity (Wildman–Crippen MR) is 78.8 cm³/mol. The van der Waals surface area contributed by atoms with Crippen LogP contribution in [-0.2, 0) is 27.4 Å². The van der Waals surface area contributed by atoms with E-state index in [0.29, 0.717) is 26.1 Å². The summed E-state index contributed by atoms with van der Waals surface area (Å²) < 4.78 is 7.06. The van der Waals surface area contributed by atoms with Crippen LogP contribution in [0, 0.1) is 5.92 Å². The van der Waals surface area contributed by atoms with Gasteiger partial charge in [0.05, 0.1) is 6.54 Å². The third-order valence-corrected chi connectivity index (χ3v) is 4.34. The molecule has 0 spiro atoms. The number of hydrogen-bond acceptors (Lipinski definition) is 4. The van der Waals surface area contributed by atoms with Gasteiger partial charge < -0.3 is 19.1 Å². The Bertz CT molecular complexity index is 557. The predicted octanol–water partition coefficient (Wildman–Crippen LogP) is 0.110. The Kier molecular flexibility index (Phi) is 4.42. The van der Waals surface area contributed by atoms with Gasteiger partial charge in [0.15, 0.2) is 0 Å². The molecule has 0 aromatic carbocycles. The zero-order valence-electron chi connectivity index (χ0n) is 12.9. The topological polar surface area (TPSA) is 67.7 Å². The lowest BCUT2D eigenvalue weighted by atomic mass is 10.1. The molecule has 0 radical (unpaired) electrons. The van der Waals surface area contributed by atoms with Gasteiger partial charge in [0, 0.05) is 58.0 Å². The highest BCUT2D eigenvalue weighted by Gasteiger charge is 2.29. The Morgan fingerprint density at radius 1 is 1.45 bits per heavy atom. The summed E-state index contributed by atoms with van der Waals surface area (Å²) in [6.45, 7) is 3.53. The molecule has 120 valence electrons. The van der Waals surface area contributed by atoms with E-state index >= 15 is 0 Å². The van der Waals surface area contributed by atoms with Crippen LogP contribution in [-0.4, -0.2) is 64.5 Å². The molecule has 22 heavy (non-hydrogen) atoms. The van der Waals surface area contributed by atoms with Gasteiger partial charge in [-0.15, -0.1) is 0 Å². The number of nitrogens with zero attached hydrogens (tertiary/aromatic N) is 4. The Labute approximate surface area is 129 Å². The standard InChI is InChI=1S/C15H22N4O3/c1-22-11-15(21)19-9-12(8-18-5-2-3-14(18)20)7-17-6-4-16-13(17)10-19/h4,6,12H,2-3,5,7-11H2,1H3/t12-/m1/s1. The Hall–Kier alpha value is -1.89. The van der Waals surface area contributed by atoms with E-state index < -0.39 is 0 Å². The number of likely N-dealkylation sites (tertiary alicyclic amines) is 1. The Balaban J connectivity index is 1.74. The molecule has 7 heteroatoms. The van der Waals surface area contributed by atoms with E-state index in [9.17, 15) is 9.59 Å². The first-order valence-corrected chi connectivity index (χ1v) is 7.72. The van der Waals surface area contributed by atoms with Crippen molar-refractivity contribution in [3.63, 3.8) is 0 Å². The third-order valence-electron chi connectivity index (χ3n) is 4.34. The van der Waals surface area contributed by atoms with Crippen LogP contribution >= 0.6 is 0 Å². The summed E-state index contributed by atoms with van der Waals surface area (Å²) in [6.07, 6.45) is 5.29. The molecule has 0 saturated carbocycles. The van der Waals surface area contributed by atoms with Crippen LogP contribution in [0.3, 0.4) is 0 Å². The highest BCUT2D eigenvalue weighted by Crippen LogP contribution is 2.19.